The van der Waals surface area contributed by atoms with Crippen molar-refractivity contribution in [2.24, 2.45) is 0 Å². The third-order valence-corrected chi connectivity index (χ3v) is 7.27. The standard InChI is InChI=1S/C10H13ClO.C10H13FO.C9H10ClF.C9H10F2/c2*1-7(2)9-5-4-8(11)6-10(9)12-3;2*1-6(2)8-4-3-7(10)5-9(8)11/h2*4-7H,1-3H3;2*3-6H,1-2H3. The van der Waals surface area contributed by atoms with Crippen LogP contribution in [0.5, 0.6) is 11.5 Å². The SMILES string of the molecule is CC(C)c1ccc(Cl)cc1F.CC(C)c1ccc(F)cc1F.COc1cc(Cl)ccc1C(C)C.COc1cc(F)ccc1C(C)C. The van der Waals surface area contributed by atoms with Gasteiger partial charge in [0.15, 0.2) is 0 Å². The first kappa shape index (κ1) is 40.8. The van der Waals surface area contributed by atoms with Crippen LogP contribution >= 0.6 is 23.2 Å². The molecule has 0 fully saturated rings. The largest absolute Gasteiger partial charge is 0.496 e. The number of halogens is 6. The predicted molar refractivity (Wildman–Crippen MR) is 185 cm³/mol. The Hall–Kier alpha value is -3.22. The molecule has 46 heavy (non-hydrogen) atoms. The lowest BCUT2D eigenvalue weighted by molar-refractivity contribution is 0.404. The molecule has 0 aromatic heterocycles. The van der Waals surface area contributed by atoms with Gasteiger partial charge in [0.2, 0.25) is 0 Å². The molecule has 0 N–H and O–H groups in total. The van der Waals surface area contributed by atoms with Gasteiger partial charge in [0.25, 0.3) is 0 Å². The highest BCUT2D eigenvalue weighted by Crippen LogP contribution is 2.29. The van der Waals surface area contributed by atoms with E-state index in [4.69, 9.17) is 32.7 Å². The molecule has 4 rings (SSSR count). The lowest BCUT2D eigenvalue weighted by Gasteiger charge is -2.11. The maximum atomic E-state index is 13.0. The molecule has 0 saturated heterocycles. The van der Waals surface area contributed by atoms with E-state index in [0.717, 1.165) is 28.0 Å². The quantitative estimate of drug-likeness (QED) is 0.189. The van der Waals surface area contributed by atoms with Crippen LogP contribution in [0.15, 0.2) is 72.8 Å². The summed E-state index contributed by atoms with van der Waals surface area (Å²) in [6.45, 7) is 16.0. The van der Waals surface area contributed by atoms with Crippen LogP contribution < -0.4 is 9.47 Å². The van der Waals surface area contributed by atoms with E-state index < -0.39 is 11.6 Å². The zero-order valence-corrected chi connectivity index (χ0v) is 29.8. The summed E-state index contributed by atoms with van der Waals surface area (Å²) in [6, 6.07) is 18.8. The minimum Gasteiger partial charge on any atom is -0.496 e. The van der Waals surface area contributed by atoms with Crippen molar-refractivity contribution < 1.29 is 27.0 Å². The van der Waals surface area contributed by atoms with Crippen LogP contribution in [0.3, 0.4) is 0 Å². The van der Waals surface area contributed by atoms with Crippen molar-refractivity contribution in [3.8, 4) is 11.5 Å². The second-order valence-corrected chi connectivity index (χ2v) is 12.6. The van der Waals surface area contributed by atoms with E-state index in [1.807, 2.05) is 45.9 Å². The van der Waals surface area contributed by atoms with Gasteiger partial charge in [-0.05, 0) is 82.3 Å². The summed E-state index contributed by atoms with van der Waals surface area (Å²) >= 11 is 11.4. The first-order valence-corrected chi connectivity index (χ1v) is 15.8. The summed E-state index contributed by atoms with van der Waals surface area (Å²) < 4.78 is 61.2. The molecule has 8 heteroatoms. The smallest absolute Gasteiger partial charge is 0.129 e. The summed E-state index contributed by atoms with van der Waals surface area (Å²) in [5.41, 5.74) is 3.52. The molecule has 4 aromatic carbocycles. The fraction of sp³-hybridized carbons (Fsp3) is 0.368. The highest BCUT2D eigenvalue weighted by molar-refractivity contribution is 6.31. The maximum Gasteiger partial charge on any atom is 0.129 e. The lowest BCUT2D eigenvalue weighted by atomic mass is 10.0. The number of rotatable bonds is 6. The molecule has 0 unspecified atom stereocenters. The third-order valence-electron chi connectivity index (χ3n) is 6.80. The van der Waals surface area contributed by atoms with Crippen molar-refractivity contribution in [3.63, 3.8) is 0 Å². The Bertz CT molecular complexity index is 1390. The first-order chi connectivity index (χ1) is 21.5. The Labute approximate surface area is 282 Å². The van der Waals surface area contributed by atoms with Crippen LogP contribution in [0.25, 0.3) is 0 Å². The van der Waals surface area contributed by atoms with Gasteiger partial charge in [-0.1, -0.05) is 103 Å². The van der Waals surface area contributed by atoms with E-state index in [0.29, 0.717) is 28.2 Å². The number of methoxy groups -OCH3 is 2. The van der Waals surface area contributed by atoms with Crippen molar-refractivity contribution in [1.29, 1.82) is 0 Å². The molecule has 0 saturated carbocycles. The number of hydrogen-bond acceptors (Lipinski definition) is 2. The monoisotopic (exact) mass is 680 g/mol. The van der Waals surface area contributed by atoms with Crippen LogP contribution in [0.2, 0.25) is 10.0 Å². The molecule has 4 aromatic rings. The van der Waals surface area contributed by atoms with Gasteiger partial charge in [-0.25, -0.2) is 17.6 Å². The van der Waals surface area contributed by atoms with Crippen molar-refractivity contribution in [1.82, 2.24) is 0 Å². The molecule has 0 atom stereocenters. The fourth-order valence-electron chi connectivity index (χ4n) is 4.26. The van der Waals surface area contributed by atoms with Gasteiger partial charge in [-0.15, -0.1) is 0 Å². The average molecular weight is 682 g/mol. The maximum absolute atomic E-state index is 13.0. The molecule has 0 bridgehead atoms. The molecular weight excluding hydrogens is 635 g/mol. The van der Waals surface area contributed by atoms with Gasteiger partial charge in [0, 0.05) is 22.2 Å². The van der Waals surface area contributed by atoms with Gasteiger partial charge >= 0.3 is 0 Å². The Morgan fingerprint density at radius 1 is 0.435 bits per heavy atom. The second-order valence-electron chi connectivity index (χ2n) is 11.7. The fourth-order valence-corrected chi connectivity index (χ4v) is 4.58. The van der Waals surface area contributed by atoms with E-state index in [-0.39, 0.29) is 23.5 Å². The molecule has 0 radical (unpaired) electrons. The van der Waals surface area contributed by atoms with Crippen LogP contribution in [0.4, 0.5) is 17.6 Å². The third kappa shape index (κ3) is 13.6. The van der Waals surface area contributed by atoms with Gasteiger partial charge in [0.05, 0.1) is 14.2 Å². The molecule has 0 amide bonds. The van der Waals surface area contributed by atoms with Crippen LogP contribution in [0, 0.1) is 23.3 Å². The number of ether oxygens (including phenoxy) is 2. The highest BCUT2D eigenvalue weighted by atomic mass is 35.5. The number of benzene rings is 4. The van der Waals surface area contributed by atoms with Crippen LogP contribution in [0.1, 0.15) is 101 Å². The molecule has 0 heterocycles. The van der Waals surface area contributed by atoms with Crippen molar-refractivity contribution in [3.05, 3.63) is 128 Å². The molecule has 0 aliphatic carbocycles. The zero-order chi connectivity index (χ0) is 35.1. The molecule has 0 spiro atoms. The summed E-state index contributed by atoms with van der Waals surface area (Å²) in [5, 5.41) is 1.17. The topological polar surface area (TPSA) is 18.5 Å². The Morgan fingerprint density at radius 2 is 0.761 bits per heavy atom. The second kappa shape index (κ2) is 20.1. The molecular formula is C38H46Cl2F4O2. The average Bonchev–Trinajstić information content (AvgIpc) is 2.97. The molecule has 0 aliphatic rings. The Balaban J connectivity index is 0.000000307. The molecule has 2 nitrogen and oxygen atoms in total. The van der Waals surface area contributed by atoms with Crippen molar-refractivity contribution >= 4 is 23.2 Å². The van der Waals surface area contributed by atoms with Crippen molar-refractivity contribution in [2.45, 2.75) is 79.1 Å². The van der Waals surface area contributed by atoms with E-state index in [1.165, 1.54) is 35.9 Å². The van der Waals surface area contributed by atoms with E-state index in [1.54, 1.807) is 32.4 Å². The lowest BCUT2D eigenvalue weighted by Crippen LogP contribution is -1.94. The minimum absolute atomic E-state index is 0.107. The van der Waals surface area contributed by atoms with E-state index >= 15 is 0 Å². The normalized spacial score (nSPS) is 10.5. The number of hydrogen-bond donors (Lipinski definition) is 0. The molecule has 0 aliphatic heterocycles. The van der Waals surface area contributed by atoms with Crippen molar-refractivity contribution in [2.75, 3.05) is 14.2 Å². The Morgan fingerprint density at radius 3 is 1.15 bits per heavy atom. The summed E-state index contributed by atoms with van der Waals surface area (Å²) in [5.74, 6) is 1.21. The highest BCUT2D eigenvalue weighted by Gasteiger charge is 2.09. The van der Waals surface area contributed by atoms with E-state index in [9.17, 15) is 17.6 Å². The van der Waals surface area contributed by atoms with Crippen LogP contribution in [-0.2, 0) is 0 Å². The Kier molecular flexibility index (Phi) is 17.8. The van der Waals surface area contributed by atoms with Gasteiger partial charge in [0.1, 0.15) is 34.8 Å². The minimum atomic E-state index is -0.521. The predicted octanol–water partition coefficient (Wildman–Crippen LogP) is 13.1. The summed E-state index contributed by atoms with van der Waals surface area (Å²) in [7, 11) is 3.22. The van der Waals surface area contributed by atoms with Crippen LogP contribution in [-0.4, -0.2) is 14.2 Å². The zero-order valence-electron chi connectivity index (χ0n) is 28.3. The van der Waals surface area contributed by atoms with Gasteiger partial charge < -0.3 is 9.47 Å². The first-order valence-electron chi connectivity index (χ1n) is 15.1. The molecule has 252 valence electrons. The van der Waals surface area contributed by atoms with E-state index in [2.05, 4.69) is 27.7 Å². The van der Waals surface area contributed by atoms with Gasteiger partial charge in [-0.3, -0.25) is 0 Å². The summed E-state index contributed by atoms with van der Waals surface area (Å²) in [6.07, 6.45) is 0. The summed E-state index contributed by atoms with van der Waals surface area (Å²) in [4.78, 5) is 0. The van der Waals surface area contributed by atoms with Gasteiger partial charge in [-0.2, -0.15) is 0 Å².